The summed E-state index contributed by atoms with van der Waals surface area (Å²) in [5.41, 5.74) is -0.950. The van der Waals surface area contributed by atoms with E-state index in [-0.39, 0.29) is 17.8 Å². The van der Waals surface area contributed by atoms with Crippen LogP contribution in [0.15, 0.2) is 64.0 Å². The Labute approximate surface area is 167 Å². The van der Waals surface area contributed by atoms with Crippen molar-refractivity contribution in [3.05, 3.63) is 77.1 Å². The fourth-order valence-electron chi connectivity index (χ4n) is 2.55. The van der Waals surface area contributed by atoms with Gasteiger partial charge in [0.1, 0.15) is 18.6 Å². The van der Waals surface area contributed by atoms with Crippen molar-refractivity contribution in [2.45, 2.75) is 12.7 Å². The first-order chi connectivity index (χ1) is 13.7. The van der Waals surface area contributed by atoms with Crippen molar-refractivity contribution < 1.29 is 31.6 Å². The summed E-state index contributed by atoms with van der Waals surface area (Å²) in [6, 6.07) is 7.70. The predicted molar refractivity (Wildman–Crippen MR) is 97.2 cm³/mol. The third-order valence-corrected chi connectivity index (χ3v) is 4.20. The van der Waals surface area contributed by atoms with Crippen molar-refractivity contribution in [3.63, 3.8) is 0 Å². The Morgan fingerprint density at radius 3 is 2.55 bits per heavy atom. The van der Waals surface area contributed by atoms with Crippen LogP contribution in [0.2, 0.25) is 5.02 Å². The molecule has 0 unspecified atom stereocenters. The second-order valence-corrected chi connectivity index (χ2v) is 6.40. The highest BCUT2D eigenvalue weighted by Gasteiger charge is 2.33. The van der Waals surface area contributed by atoms with Gasteiger partial charge in [0.15, 0.2) is 0 Å². The van der Waals surface area contributed by atoms with Crippen molar-refractivity contribution in [2.75, 3.05) is 11.9 Å². The normalized spacial score (nSPS) is 11.3. The molecule has 2 aromatic heterocycles. The average Bonchev–Trinajstić information content (AvgIpc) is 3.35. The van der Waals surface area contributed by atoms with E-state index in [2.05, 4.69) is 5.32 Å². The Bertz CT molecular complexity index is 986. The molecule has 0 aliphatic heterocycles. The quantitative estimate of drug-likeness (QED) is 0.612. The number of halogens is 4. The molecule has 0 saturated heterocycles. The molecule has 1 N–H and O–H groups in total. The summed E-state index contributed by atoms with van der Waals surface area (Å²) in [4.78, 5) is 26.2. The lowest BCUT2D eigenvalue weighted by molar-refractivity contribution is -0.137. The molecule has 0 aliphatic carbocycles. The summed E-state index contributed by atoms with van der Waals surface area (Å²) in [7, 11) is 0. The number of alkyl halides is 3. The van der Waals surface area contributed by atoms with Crippen LogP contribution < -0.4 is 5.32 Å². The number of nitrogens with zero attached hydrogens (tertiary/aromatic N) is 1. The lowest BCUT2D eigenvalue weighted by Crippen LogP contribution is -2.37. The number of hydrogen-bond acceptors (Lipinski definition) is 4. The zero-order valence-electron chi connectivity index (χ0n) is 14.7. The molecule has 2 amide bonds. The van der Waals surface area contributed by atoms with Gasteiger partial charge in [-0.15, -0.1) is 0 Å². The molecule has 0 saturated carbocycles. The summed E-state index contributed by atoms with van der Waals surface area (Å²) in [6.07, 6.45) is -0.711. The van der Waals surface area contributed by atoms with E-state index in [1.165, 1.54) is 35.8 Å². The molecule has 152 valence electrons. The van der Waals surface area contributed by atoms with Gasteiger partial charge in [0.05, 0.1) is 35.2 Å². The highest BCUT2D eigenvalue weighted by molar-refractivity contribution is 6.31. The van der Waals surface area contributed by atoms with E-state index in [0.717, 1.165) is 12.1 Å². The zero-order valence-corrected chi connectivity index (χ0v) is 15.5. The van der Waals surface area contributed by atoms with Crippen LogP contribution in [0.25, 0.3) is 0 Å². The summed E-state index contributed by atoms with van der Waals surface area (Å²) >= 11 is 5.57. The van der Waals surface area contributed by atoms with Crippen LogP contribution in [-0.4, -0.2) is 23.3 Å². The van der Waals surface area contributed by atoms with Gasteiger partial charge in [-0.3, -0.25) is 9.59 Å². The molecule has 10 heteroatoms. The molecular formula is C19H14ClF3N2O4. The SMILES string of the molecule is O=C(CN(Cc1ccco1)C(=O)c1ccoc1)Nc1ccc(Cl)c(C(F)(F)F)c1. The van der Waals surface area contributed by atoms with Crippen molar-refractivity contribution in [1.29, 1.82) is 0 Å². The first-order valence-corrected chi connectivity index (χ1v) is 8.62. The first-order valence-electron chi connectivity index (χ1n) is 8.24. The standard InChI is InChI=1S/C19H14ClF3N2O4/c20-16-4-3-13(8-15(16)19(21,22)23)24-17(26)10-25(9-14-2-1-6-29-14)18(27)12-5-7-28-11-12/h1-8,11H,9-10H2,(H,24,26). The molecule has 0 bridgehead atoms. The lowest BCUT2D eigenvalue weighted by Gasteiger charge is -2.21. The molecule has 3 aromatic rings. The van der Waals surface area contributed by atoms with E-state index in [1.54, 1.807) is 12.1 Å². The van der Waals surface area contributed by atoms with Gasteiger partial charge in [0.25, 0.3) is 5.91 Å². The molecule has 0 radical (unpaired) electrons. The average molecular weight is 427 g/mol. The minimum Gasteiger partial charge on any atom is -0.472 e. The van der Waals surface area contributed by atoms with Crippen molar-refractivity contribution in [3.8, 4) is 0 Å². The highest BCUT2D eigenvalue weighted by Crippen LogP contribution is 2.36. The maximum Gasteiger partial charge on any atom is 0.417 e. The van der Waals surface area contributed by atoms with Gasteiger partial charge >= 0.3 is 6.18 Å². The van der Waals surface area contributed by atoms with Crippen LogP contribution in [0.1, 0.15) is 21.7 Å². The number of carbonyl (C=O) groups is 2. The lowest BCUT2D eigenvalue weighted by atomic mass is 10.2. The molecule has 2 heterocycles. The Hall–Kier alpha value is -3.20. The van der Waals surface area contributed by atoms with E-state index in [0.29, 0.717) is 5.76 Å². The highest BCUT2D eigenvalue weighted by atomic mass is 35.5. The largest absolute Gasteiger partial charge is 0.472 e. The maximum absolute atomic E-state index is 13.0. The van der Waals surface area contributed by atoms with Crippen LogP contribution in [0.4, 0.5) is 18.9 Å². The molecule has 1 aromatic carbocycles. The molecule has 29 heavy (non-hydrogen) atoms. The smallest absolute Gasteiger partial charge is 0.417 e. The maximum atomic E-state index is 13.0. The van der Waals surface area contributed by atoms with Crippen LogP contribution in [0.3, 0.4) is 0 Å². The van der Waals surface area contributed by atoms with Crippen LogP contribution >= 0.6 is 11.6 Å². The number of amides is 2. The third kappa shape index (κ3) is 5.20. The Morgan fingerprint density at radius 2 is 1.93 bits per heavy atom. The molecule has 3 rings (SSSR count). The number of nitrogens with one attached hydrogen (secondary N) is 1. The number of anilines is 1. The molecule has 6 nitrogen and oxygen atoms in total. The molecular weight excluding hydrogens is 413 g/mol. The van der Waals surface area contributed by atoms with Gasteiger partial charge in [0.2, 0.25) is 5.91 Å². The minimum absolute atomic E-state index is 0.0150. The topological polar surface area (TPSA) is 75.7 Å². The van der Waals surface area contributed by atoms with Crippen LogP contribution in [0.5, 0.6) is 0 Å². The fraction of sp³-hybridized carbons (Fsp3) is 0.158. The molecule has 0 fully saturated rings. The second kappa shape index (κ2) is 8.44. The summed E-state index contributed by atoms with van der Waals surface area (Å²) in [5, 5.41) is 1.86. The van der Waals surface area contributed by atoms with Gasteiger partial charge in [-0.1, -0.05) is 11.6 Å². The second-order valence-electron chi connectivity index (χ2n) is 5.99. The summed E-state index contributed by atoms with van der Waals surface area (Å²) in [6.45, 7) is -0.437. The number of carbonyl (C=O) groups excluding carboxylic acids is 2. The monoisotopic (exact) mass is 426 g/mol. The van der Waals surface area contributed by atoms with E-state index >= 15 is 0 Å². The van der Waals surface area contributed by atoms with Gasteiger partial charge < -0.3 is 19.1 Å². The Kier molecular flexibility index (Phi) is 5.97. The predicted octanol–water partition coefficient (Wildman–Crippen LogP) is 4.83. The van der Waals surface area contributed by atoms with Crippen molar-refractivity contribution in [2.24, 2.45) is 0 Å². The number of hydrogen-bond donors (Lipinski definition) is 1. The van der Waals surface area contributed by atoms with Crippen LogP contribution in [0, 0.1) is 0 Å². The Morgan fingerprint density at radius 1 is 1.14 bits per heavy atom. The third-order valence-electron chi connectivity index (χ3n) is 3.87. The molecule has 0 atom stereocenters. The summed E-state index contributed by atoms with van der Waals surface area (Å²) in [5.74, 6) is -0.762. The van der Waals surface area contributed by atoms with Crippen molar-refractivity contribution in [1.82, 2.24) is 4.90 Å². The fourth-order valence-corrected chi connectivity index (χ4v) is 2.78. The number of benzene rings is 1. The van der Waals surface area contributed by atoms with Gasteiger partial charge in [-0.25, -0.2) is 0 Å². The van der Waals surface area contributed by atoms with Gasteiger partial charge in [0, 0.05) is 5.69 Å². The van der Waals surface area contributed by atoms with E-state index in [9.17, 15) is 22.8 Å². The van der Waals surface area contributed by atoms with Crippen molar-refractivity contribution >= 4 is 29.1 Å². The number of rotatable bonds is 6. The summed E-state index contributed by atoms with van der Waals surface area (Å²) < 4.78 is 49.0. The van der Waals surface area contributed by atoms with E-state index in [1.807, 2.05) is 0 Å². The molecule has 0 spiro atoms. The number of furan rings is 2. The molecule has 0 aliphatic rings. The van der Waals surface area contributed by atoms with Gasteiger partial charge in [-0.2, -0.15) is 13.2 Å². The van der Waals surface area contributed by atoms with E-state index in [4.69, 9.17) is 20.4 Å². The van der Waals surface area contributed by atoms with Crippen LogP contribution in [-0.2, 0) is 17.5 Å². The Balaban J connectivity index is 1.75. The van der Waals surface area contributed by atoms with Gasteiger partial charge in [-0.05, 0) is 36.4 Å². The van der Waals surface area contributed by atoms with E-state index < -0.39 is 35.1 Å². The zero-order chi connectivity index (χ0) is 21.0. The first kappa shape index (κ1) is 20.5. The minimum atomic E-state index is -4.67.